The van der Waals surface area contributed by atoms with Crippen LogP contribution < -0.4 is 0 Å². The molecule has 0 aliphatic carbocycles. The molecule has 0 aliphatic rings. The minimum atomic E-state index is -1.10. The molecule has 0 saturated carbocycles. The van der Waals surface area contributed by atoms with Crippen LogP contribution in [0.2, 0.25) is 0 Å². The van der Waals surface area contributed by atoms with E-state index < -0.39 is 6.29 Å². The largest absolute Gasteiger partial charge is 0.368 e. The molecule has 0 fully saturated rings. The molecule has 0 saturated heterocycles. The molecule has 0 atom stereocenters. The molecule has 0 radical (unpaired) electrons. The Labute approximate surface area is 73.0 Å². The number of unbranched alkanes of at least 4 members (excludes halogenated alkanes) is 3. The standard InChI is InChI=1S/C7H16O2.BrH/c1-2-3-4-5-6-7(8)9;/h7-9H,2-6H2,1H3;1H. The Kier molecular flexibility index (Phi) is 12.2. The summed E-state index contributed by atoms with van der Waals surface area (Å²) in [6.45, 7) is 2.13. The van der Waals surface area contributed by atoms with Crippen molar-refractivity contribution in [3.8, 4) is 0 Å². The molecule has 0 heterocycles. The van der Waals surface area contributed by atoms with Crippen molar-refractivity contribution in [2.75, 3.05) is 0 Å². The van der Waals surface area contributed by atoms with E-state index in [1.807, 2.05) is 0 Å². The molecule has 0 spiro atoms. The first-order valence-electron chi connectivity index (χ1n) is 3.63. The Morgan fingerprint density at radius 3 is 2.10 bits per heavy atom. The zero-order valence-electron chi connectivity index (χ0n) is 6.42. The van der Waals surface area contributed by atoms with Crippen LogP contribution in [-0.2, 0) is 0 Å². The van der Waals surface area contributed by atoms with Gasteiger partial charge in [-0.15, -0.1) is 17.0 Å². The molecule has 0 aromatic heterocycles. The summed E-state index contributed by atoms with van der Waals surface area (Å²) in [6.07, 6.45) is 3.88. The number of aliphatic hydroxyl groups is 2. The summed E-state index contributed by atoms with van der Waals surface area (Å²) >= 11 is 0. The minimum absolute atomic E-state index is 0. The van der Waals surface area contributed by atoms with Gasteiger partial charge in [-0.2, -0.15) is 0 Å². The van der Waals surface area contributed by atoms with E-state index in [4.69, 9.17) is 10.2 Å². The first-order chi connectivity index (χ1) is 4.27. The van der Waals surface area contributed by atoms with Crippen molar-refractivity contribution in [2.24, 2.45) is 0 Å². The lowest BCUT2D eigenvalue weighted by molar-refractivity contribution is -0.0465. The first-order valence-corrected chi connectivity index (χ1v) is 3.63. The average Bonchev–Trinajstić information content (AvgIpc) is 1.80. The third-order valence-corrected chi connectivity index (χ3v) is 1.32. The molecule has 10 heavy (non-hydrogen) atoms. The van der Waals surface area contributed by atoms with Crippen molar-refractivity contribution in [1.29, 1.82) is 0 Å². The highest BCUT2D eigenvalue weighted by atomic mass is 79.9. The highest BCUT2D eigenvalue weighted by molar-refractivity contribution is 8.93. The lowest BCUT2D eigenvalue weighted by Crippen LogP contribution is -2.02. The fourth-order valence-corrected chi connectivity index (χ4v) is 0.754. The normalized spacial score (nSPS) is 9.60. The van der Waals surface area contributed by atoms with Gasteiger partial charge in [0.05, 0.1) is 0 Å². The zero-order valence-corrected chi connectivity index (χ0v) is 8.13. The van der Waals surface area contributed by atoms with E-state index in [-0.39, 0.29) is 17.0 Å². The van der Waals surface area contributed by atoms with Crippen molar-refractivity contribution in [3.63, 3.8) is 0 Å². The van der Waals surface area contributed by atoms with Crippen LogP contribution in [0.5, 0.6) is 0 Å². The third-order valence-electron chi connectivity index (χ3n) is 1.32. The molecule has 0 rings (SSSR count). The van der Waals surface area contributed by atoms with Gasteiger partial charge in [-0.1, -0.05) is 26.2 Å². The monoisotopic (exact) mass is 212 g/mol. The van der Waals surface area contributed by atoms with Gasteiger partial charge < -0.3 is 10.2 Å². The van der Waals surface area contributed by atoms with Gasteiger partial charge in [0.25, 0.3) is 0 Å². The molecule has 0 aliphatic heterocycles. The predicted molar refractivity (Wildman–Crippen MR) is 47.3 cm³/mol. The summed E-state index contributed by atoms with van der Waals surface area (Å²) < 4.78 is 0. The maximum Gasteiger partial charge on any atom is 0.151 e. The van der Waals surface area contributed by atoms with Gasteiger partial charge in [-0.05, 0) is 12.8 Å². The van der Waals surface area contributed by atoms with E-state index in [2.05, 4.69) is 6.92 Å². The molecular weight excluding hydrogens is 196 g/mol. The summed E-state index contributed by atoms with van der Waals surface area (Å²) in [4.78, 5) is 0. The van der Waals surface area contributed by atoms with Crippen LogP contribution in [0.3, 0.4) is 0 Å². The van der Waals surface area contributed by atoms with Crippen LogP contribution in [-0.4, -0.2) is 16.5 Å². The summed E-state index contributed by atoms with van der Waals surface area (Å²) in [5.74, 6) is 0. The summed E-state index contributed by atoms with van der Waals surface area (Å²) in [6, 6.07) is 0. The van der Waals surface area contributed by atoms with Crippen LogP contribution in [0.15, 0.2) is 0 Å². The van der Waals surface area contributed by atoms with Crippen LogP contribution in [0.25, 0.3) is 0 Å². The Balaban J connectivity index is 0. The van der Waals surface area contributed by atoms with Crippen LogP contribution in [0.1, 0.15) is 39.0 Å². The van der Waals surface area contributed by atoms with E-state index in [9.17, 15) is 0 Å². The van der Waals surface area contributed by atoms with Crippen LogP contribution in [0, 0.1) is 0 Å². The van der Waals surface area contributed by atoms with Crippen molar-refractivity contribution >= 4 is 17.0 Å². The molecule has 3 heteroatoms. The summed E-state index contributed by atoms with van der Waals surface area (Å²) in [5.41, 5.74) is 0. The highest BCUT2D eigenvalue weighted by Crippen LogP contribution is 2.03. The zero-order chi connectivity index (χ0) is 7.11. The summed E-state index contributed by atoms with van der Waals surface area (Å²) in [5, 5.41) is 16.8. The number of rotatable bonds is 5. The second-order valence-corrected chi connectivity index (χ2v) is 2.33. The second kappa shape index (κ2) is 9.40. The Morgan fingerprint density at radius 1 is 1.10 bits per heavy atom. The van der Waals surface area contributed by atoms with Gasteiger partial charge in [-0.3, -0.25) is 0 Å². The third kappa shape index (κ3) is 11.2. The fraction of sp³-hybridized carbons (Fsp3) is 1.00. The number of aliphatic hydroxyl groups excluding tert-OH is 1. The maximum atomic E-state index is 8.41. The Morgan fingerprint density at radius 2 is 1.70 bits per heavy atom. The van der Waals surface area contributed by atoms with E-state index >= 15 is 0 Å². The highest BCUT2D eigenvalue weighted by Gasteiger charge is 1.94. The predicted octanol–water partition coefficient (Wildman–Crippen LogP) is 1.85. The number of halogens is 1. The van der Waals surface area contributed by atoms with Crippen molar-refractivity contribution in [1.82, 2.24) is 0 Å². The minimum Gasteiger partial charge on any atom is -0.368 e. The van der Waals surface area contributed by atoms with E-state index in [1.54, 1.807) is 0 Å². The first kappa shape index (κ1) is 13.0. The number of hydrogen-bond acceptors (Lipinski definition) is 2. The van der Waals surface area contributed by atoms with Crippen molar-refractivity contribution in [3.05, 3.63) is 0 Å². The molecule has 0 amide bonds. The quantitative estimate of drug-likeness (QED) is 0.540. The molecule has 2 N–H and O–H groups in total. The summed E-state index contributed by atoms with van der Waals surface area (Å²) in [7, 11) is 0. The molecule has 0 aromatic carbocycles. The Bertz CT molecular complexity index is 57.6. The molecule has 2 nitrogen and oxygen atoms in total. The van der Waals surface area contributed by atoms with Crippen LogP contribution in [0.4, 0.5) is 0 Å². The topological polar surface area (TPSA) is 40.5 Å². The maximum absolute atomic E-state index is 8.41. The Hall–Kier alpha value is 0.400. The molecular formula is C7H17BrO2. The lowest BCUT2D eigenvalue weighted by Gasteiger charge is -2.00. The van der Waals surface area contributed by atoms with Gasteiger partial charge in [0.2, 0.25) is 0 Å². The smallest absolute Gasteiger partial charge is 0.151 e. The molecule has 64 valence electrons. The van der Waals surface area contributed by atoms with Gasteiger partial charge in [0.15, 0.2) is 6.29 Å². The van der Waals surface area contributed by atoms with Gasteiger partial charge in [0.1, 0.15) is 0 Å². The van der Waals surface area contributed by atoms with E-state index in [0.29, 0.717) is 6.42 Å². The number of hydrogen-bond donors (Lipinski definition) is 2. The lowest BCUT2D eigenvalue weighted by atomic mass is 10.1. The molecule has 0 unspecified atom stereocenters. The fourth-order valence-electron chi connectivity index (χ4n) is 0.754. The van der Waals surface area contributed by atoms with E-state index in [0.717, 1.165) is 12.8 Å². The molecule has 0 aromatic rings. The average molecular weight is 213 g/mol. The molecule has 0 bridgehead atoms. The SMILES string of the molecule is Br.CCCCCCC(O)O. The van der Waals surface area contributed by atoms with Crippen LogP contribution >= 0.6 is 17.0 Å². The van der Waals surface area contributed by atoms with E-state index in [1.165, 1.54) is 12.8 Å². The van der Waals surface area contributed by atoms with Gasteiger partial charge in [0, 0.05) is 0 Å². The van der Waals surface area contributed by atoms with Gasteiger partial charge >= 0.3 is 0 Å². The van der Waals surface area contributed by atoms with Crippen molar-refractivity contribution in [2.45, 2.75) is 45.3 Å². The van der Waals surface area contributed by atoms with Crippen molar-refractivity contribution < 1.29 is 10.2 Å². The second-order valence-electron chi connectivity index (χ2n) is 2.33. The van der Waals surface area contributed by atoms with Gasteiger partial charge in [-0.25, -0.2) is 0 Å².